The van der Waals surface area contributed by atoms with Gasteiger partial charge in [-0.2, -0.15) is 0 Å². The van der Waals surface area contributed by atoms with Crippen LogP contribution in [0.2, 0.25) is 0 Å². The Bertz CT molecular complexity index is 580. The zero-order chi connectivity index (χ0) is 14.7. The fourth-order valence-electron chi connectivity index (χ4n) is 2.83. The molecule has 1 aliphatic rings. The van der Waals surface area contributed by atoms with E-state index >= 15 is 0 Å². The number of benzene rings is 1. The Labute approximate surface area is 124 Å². The average molecular weight is 284 g/mol. The Kier molecular flexibility index (Phi) is 4.06. The standard InChI is InChI=1S/C17H20N2O2/c1-12-10-18-11-14(12)17(20)19-16(15-8-5-9-21-15)13-6-3-2-4-7-13/h2-9,12,14,16,18H,10-11H2,1H3,(H,19,20)/t12-,14-,16?/m1/s1. The maximum Gasteiger partial charge on any atom is 0.225 e. The van der Waals surface area contributed by atoms with Crippen LogP contribution < -0.4 is 10.6 Å². The molecule has 0 bridgehead atoms. The second-order valence-electron chi connectivity index (χ2n) is 5.61. The fourth-order valence-corrected chi connectivity index (χ4v) is 2.83. The molecular formula is C17H20N2O2. The van der Waals surface area contributed by atoms with Crippen molar-refractivity contribution in [2.45, 2.75) is 13.0 Å². The largest absolute Gasteiger partial charge is 0.467 e. The summed E-state index contributed by atoms with van der Waals surface area (Å²) in [6.45, 7) is 3.75. The number of carbonyl (C=O) groups excluding carboxylic acids is 1. The van der Waals surface area contributed by atoms with Gasteiger partial charge in [0.1, 0.15) is 11.8 Å². The van der Waals surface area contributed by atoms with Crippen LogP contribution in [0.4, 0.5) is 0 Å². The van der Waals surface area contributed by atoms with Crippen LogP contribution in [0.15, 0.2) is 53.1 Å². The molecule has 110 valence electrons. The number of furan rings is 1. The second-order valence-corrected chi connectivity index (χ2v) is 5.61. The lowest BCUT2D eigenvalue weighted by molar-refractivity contribution is -0.126. The summed E-state index contributed by atoms with van der Waals surface area (Å²) in [5.41, 5.74) is 1.03. The molecule has 2 aromatic rings. The molecule has 1 fully saturated rings. The number of amides is 1. The van der Waals surface area contributed by atoms with Crippen molar-refractivity contribution in [1.29, 1.82) is 0 Å². The molecule has 4 heteroatoms. The molecule has 4 nitrogen and oxygen atoms in total. The minimum Gasteiger partial charge on any atom is -0.467 e. The van der Waals surface area contributed by atoms with Crippen LogP contribution in [0.5, 0.6) is 0 Å². The van der Waals surface area contributed by atoms with Crippen molar-refractivity contribution >= 4 is 5.91 Å². The molecule has 2 N–H and O–H groups in total. The Balaban J connectivity index is 1.82. The van der Waals surface area contributed by atoms with Crippen LogP contribution in [0.3, 0.4) is 0 Å². The van der Waals surface area contributed by atoms with Gasteiger partial charge in [-0.05, 0) is 30.2 Å². The van der Waals surface area contributed by atoms with Gasteiger partial charge in [0, 0.05) is 6.54 Å². The lowest BCUT2D eigenvalue weighted by Gasteiger charge is -2.21. The predicted molar refractivity (Wildman–Crippen MR) is 80.7 cm³/mol. The smallest absolute Gasteiger partial charge is 0.225 e. The molecule has 1 aliphatic heterocycles. The van der Waals surface area contributed by atoms with Gasteiger partial charge < -0.3 is 15.1 Å². The average Bonchev–Trinajstić information content (AvgIpc) is 3.17. The number of rotatable bonds is 4. The van der Waals surface area contributed by atoms with E-state index in [0.29, 0.717) is 5.92 Å². The summed E-state index contributed by atoms with van der Waals surface area (Å²) in [5, 5.41) is 6.40. The number of nitrogens with one attached hydrogen (secondary N) is 2. The van der Waals surface area contributed by atoms with E-state index in [1.54, 1.807) is 6.26 Å². The first kappa shape index (κ1) is 13.9. The van der Waals surface area contributed by atoms with E-state index in [1.165, 1.54) is 0 Å². The van der Waals surface area contributed by atoms with Gasteiger partial charge >= 0.3 is 0 Å². The van der Waals surface area contributed by atoms with Gasteiger partial charge in [-0.3, -0.25) is 4.79 Å². The summed E-state index contributed by atoms with van der Waals surface area (Å²) < 4.78 is 5.51. The van der Waals surface area contributed by atoms with Crippen molar-refractivity contribution in [1.82, 2.24) is 10.6 Å². The highest BCUT2D eigenvalue weighted by molar-refractivity contribution is 5.80. The van der Waals surface area contributed by atoms with E-state index in [4.69, 9.17) is 4.42 Å². The first-order chi connectivity index (χ1) is 10.3. The summed E-state index contributed by atoms with van der Waals surface area (Å²) in [4.78, 5) is 12.5. The van der Waals surface area contributed by atoms with E-state index in [2.05, 4.69) is 17.6 Å². The second kappa shape index (κ2) is 6.14. The first-order valence-electron chi connectivity index (χ1n) is 7.35. The lowest BCUT2D eigenvalue weighted by Crippen LogP contribution is -2.37. The van der Waals surface area contributed by atoms with Gasteiger partial charge in [-0.1, -0.05) is 37.3 Å². The van der Waals surface area contributed by atoms with Crippen molar-refractivity contribution < 1.29 is 9.21 Å². The Hall–Kier alpha value is -2.07. The summed E-state index contributed by atoms with van der Waals surface area (Å²) in [5.74, 6) is 1.22. The van der Waals surface area contributed by atoms with E-state index in [-0.39, 0.29) is 17.9 Å². The predicted octanol–water partition coefficient (Wildman–Crippen LogP) is 2.34. The highest BCUT2D eigenvalue weighted by atomic mass is 16.3. The van der Waals surface area contributed by atoms with E-state index < -0.39 is 0 Å². The molecule has 2 heterocycles. The molecule has 0 radical (unpaired) electrons. The molecule has 21 heavy (non-hydrogen) atoms. The number of hydrogen-bond donors (Lipinski definition) is 2. The molecule has 1 aromatic heterocycles. The molecule has 1 saturated heterocycles. The van der Waals surface area contributed by atoms with E-state index in [1.807, 2.05) is 42.5 Å². The molecule has 0 spiro atoms. The third kappa shape index (κ3) is 3.00. The van der Waals surface area contributed by atoms with Crippen LogP contribution in [-0.4, -0.2) is 19.0 Å². The van der Waals surface area contributed by atoms with Gasteiger partial charge in [0.05, 0.1) is 12.2 Å². The molecule has 0 saturated carbocycles. The van der Waals surface area contributed by atoms with Crippen molar-refractivity contribution in [3.8, 4) is 0 Å². The number of hydrogen-bond acceptors (Lipinski definition) is 3. The molecule has 0 aliphatic carbocycles. The molecule has 3 atom stereocenters. The fraction of sp³-hybridized carbons (Fsp3) is 0.353. The molecule has 1 unspecified atom stereocenters. The van der Waals surface area contributed by atoms with Crippen LogP contribution in [0, 0.1) is 11.8 Å². The zero-order valence-electron chi connectivity index (χ0n) is 12.1. The Morgan fingerprint density at radius 1 is 1.24 bits per heavy atom. The van der Waals surface area contributed by atoms with Gasteiger partial charge in [0.15, 0.2) is 0 Å². The Morgan fingerprint density at radius 2 is 2.05 bits per heavy atom. The summed E-state index contributed by atoms with van der Waals surface area (Å²) >= 11 is 0. The van der Waals surface area contributed by atoms with Gasteiger partial charge in [0.25, 0.3) is 0 Å². The maximum atomic E-state index is 12.5. The van der Waals surface area contributed by atoms with Crippen LogP contribution >= 0.6 is 0 Å². The van der Waals surface area contributed by atoms with Crippen molar-refractivity contribution in [2.75, 3.05) is 13.1 Å². The molecule has 3 rings (SSSR count). The third-order valence-electron chi connectivity index (χ3n) is 4.10. The normalized spacial score (nSPS) is 22.9. The molecular weight excluding hydrogens is 264 g/mol. The van der Waals surface area contributed by atoms with Crippen molar-refractivity contribution in [3.63, 3.8) is 0 Å². The van der Waals surface area contributed by atoms with Gasteiger partial charge in [0.2, 0.25) is 5.91 Å². The van der Waals surface area contributed by atoms with E-state index in [0.717, 1.165) is 24.4 Å². The quantitative estimate of drug-likeness (QED) is 0.906. The van der Waals surface area contributed by atoms with Crippen LogP contribution in [0.1, 0.15) is 24.3 Å². The lowest BCUT2D eigenvalue weighted by atomic mass is 9.96. The highest BCUT2D eigenvalue weighted by Gasteiger charge is 2.31. The highest BCUT2D eigenvalue weighted by Crippen LogP contribution is 2.24. The topological polar surface area (TPSA) is 54.3 Å². The van der Waals surface area contributed by atoms with Gasteiger partial charge in [-0.15, -0.1) is 0 Å². The SMILES string of the molecule is C[C@@H]1CNC[C@H]1C(=O)NC(c1ccccc1)c1ccco1. The van der Waals surface area contributed by atoms with Crippen molar-refractivity contribution in [3.05, 3.63) is 60.1 Å². The third-order valence-corrected chi connectivity index (χ3v) is 4.10. The van der Waals surface area contributed by atoms with Crippen LogP contribution in [-0.2, 0) is 4.79 Å². The zero-order valence-corrected chi connectivity index (χ0v) is 12.1. The maximum absolute atomic E-state index is 12.5. The van der Waals surface area contributed by atoms with Crippen LogP contribution in [0.25, 0.3) is 0 Å². The molecule has 1 amide bonds. The monoisotopic (exact) mass is 284 g/mol. The first-order valence-corrected chi connectivity index (χ1v) is 7.35. The molecule has 1 aromatic carbocycles. The summed E-state index contributed by atoms with van der Waals surface area (Å²) in [6, 6.07) is 13.4. The van der Waals surface area contributed by atoms with E-state index in [9.17, 15) is 4.79 Å². The number of carbonyl (C=O) groups is 1. The summed E-state index contributed by atoms with van der Waals surface area (Å²) in [7, 11) is 0. The summed E-state index contributed by atoms with van der Waals surface area (Å²) in [6.07, 6.45) is 1.64. The minimum absolute atomic E-state index is 0.0196. The Morgan fingerprint density at radius 3 is 2.67 bits per heavy atom. The van der Waals surface area contributed by atoms with Crippen molar-refractivity contribution in [2.24, 2.45) is 11.8 Å². The minimum atomic E-state index is -0.235. The van der Waals surface area contributed by atoms with Gasteiger partial charge in [-0.25, -0.2) is 0 Å².